The maximum absolute atomic E-state index is 11.8. The number of hydrogen-bond acceptors (Lipinski definition) is 6. The normalized spacial score (nSPS) is 10.8. The van der Waals surface area contributed by atoms with E-state index in [0.717, 1.165) is 16.7 Å². The van der Waals surface area contributed by atoms with Crippen molar-refractivity contribution in [3.05, 3.63) is 83.2 Å². The number of benzene rings is 1. The molecule has 0 saturated carbocycles. The van der Waals surface area contributed by atoms with E-state index in [9.17, 15) is 10.0 Å². The molecular weight excluding hydrogens is 330 g/mol. The average Bonchev–Trinajstić information content (AvgIpc) is 2.71. The molecule has 2 N–H and O–H groups in total. The van der Waals surface area contributed by atoms with Gasteiger partial charge < -0.3 is 10.5 Å². The lowest BCUT2D eigenvalue weighted by molar-refractivity contribution is 0.182. The zero-order valence-electron chi connectivity index (χ0n) is 13.7. The molecule has 128 valence electrons. The van der Waals surface area contributed by atoms with Gasteiger partial charge in [0.15, 0.2) is 5.65 Å². The SMILES string of the molecule is O=c1nc(NCc2ccc(-c3cccnc3)cc2)c2cccnc2n1O. The van der Waals surface area contributed by atoms with Gasteiger partial charge in [0, 0.05) is 25.1 Å². The van der Waals surface area contributed by atoms with Gasteiger partial charge in [-0.05, 0) is 34.9 Å². The van der Waals surface area contributed by atoms with Crippen LogP contribution in [-0.2, 0) is 6.54 Å². The van der Waals surface area contributed by atoms with E-state index < -0.39 is 5.69 Å². The minimum absolute atomic E-state index is 0.168. The van der Waals surface area contributed by atoms with Crippen LogP contribution in [0.15, 0.2) is 71.9 Å². The number of nitrogens with zero attached hydrogens (tertiary/aromatic N) is 4. The maximum atomic E-state index is 11.8. The first kappa shape index (κ1) is 15.8. The van der Waals surface area contributed by atoms with E-state index in [1.165, 1.54) is 6.20 Å². The largest absolute Gasteiger partial charge is 0.422 e. The fourth-order valence-electron chi connectivity index (χ4n) is 2.71. The lowest BCUT2D eigenvalue weighted by Crippen LogP contribution is -2.23. The van der Waals surface area contributed by atoms with E-state index in [0.29, 0.717) is 22.5 Å². The smallest absolute Gasteiger partial charge is 0.384 e. The summed E-state index contributed by atoms with van der Waals surface area (Å²) in [6.07, 6.45) is 5.07. The van der Waals surface area contributed by atoms with Gasteiger partial charge in [-0.15, -0.1) is 4.73 Å². The zero-order chi connectivity index (χ0) is 17.9. The molecule has 4 aromatic rings. The summed E-state index contributed by atoms with van der Waals surface area (Å²) in [5.41, 5.74) is 2.56. The number of fused-ring (bicyclic) bond motifs is 1. The van der Waals surface area contributed by atoms with E-state index in [1.807, 2.05) is 42.6 Å². The first-order valence-corrected chi connectivity index (χ1v) is 8.02. The highest BCUT2D eigenvalue weighted by atomic mass is 16.5. The van der Waals surface area contributed by atoms with Gasteiger partial charge in [-0.1, -0.05) is 30.3 Å². The van der Waals surface area contributed by atoms with E-state index >= 15 is 0 Å². The van der Waals surface area contributed by atoms with Gasteiger partial charge in [0.1, 0.15) is 5.82 Å². The molecule has 3 aromatic heterocycles. The summed E-state index contributed by atoms with van der Waals surface area (Å²) in [6, 6.07) is 15.4. The summed E-state index contributed by atoms with van der Waals surface area (Å²) in [4.78, 5) is 23.8. The Balaban J connectivity index is 1.57. The Kier molecular flexibility index (Phi) is 4.03. The molecule has 0 bridgehead atoms. The number of hydrogen-bond donors (Lipinski definition) is 2. The number of aromatic nitrogens is 4. The van der Waals surface area contributed by atoms with Crippen LogP contribution in [0.5, 0.6) is 0 Å². The predicted octanol–water partition coefficient (Wildman–Crippen LogP) is 2.70. The molecular formula is C19H15N5O2. The molecule has 0 aliphatic carbocycles. The molecule has 7 nitrogen and oxygen atoms in total. The number of rotatable bonds is 4. The predicted molar refractivity (Wildman–Crippen MR) is 98.0 cm³/mol. The van der Waals surface area contributed by atoms with Gasteiger partial charge in [-0.2, -0.15) is 4.98 Å². The van der Waals surface area contributed by atoms with Crippen molar-refractivity contribution in [2.45, 2.75) is 6.54 Å². The molecule has 7 heteroatoms. The third-order valence-electron chi connectivity index (χ3n) is 4.04. The van der Waals surface area contributed by atoms with Crippen LogP contribution in [0.4, 0.5) is 5.82 Å². The van der Waals surface area contributed by atoms with Crippen LogP contribution in [0.25, 0.3) is 22.2 Å². The highest BCUT2D eigenvalue weighted by Crippen LogP contribution is 2.20. The molecule has 0 fully saturated rings. The highest BCUT2D eigenvalue weighted by Gasteiger charge is 2.10. The summed E-state index contributed by atoms with van der Waals surface area (Å²) in [5.74, 6) is 0.389. The van der Waals surface area contributed by atoms with Crippen LogP contribution in [-0.4, -0.2) is 24.9 Å². The van der Waals surface area contributed by atoms with Crippen LogP contribution in [0.3, 0.4) is 0 Å². The molecule has 4 rings (SSSR count). The summed E-state index contributed by atoms with van der Waals surface area (Å²) >= 11 is 0. The fourth-order valence-corrected chi connectivity index (χ4v) is 2.71. The molecule has 0 unspecified atom stereocenters. The second-order valence-electron chi connectivity index (χ2n) is 5.72. The van der Waals surface area contributed by atoms with Gasteiger partial charge in [0.2, 0.25) is 0 Å². The maximum Gasteiger partial charge on any atom is 0.384 e. The second kappa shape index (κ2) is 6.64. The van der Waals surface area contributed by atoms with Crippen molar-refractivity contribution in [1.29, 1.82) is 0 Å². The fraction of sp³-hybridized carbons (Fsp3) is 0.0526. The van der Waals surface area contributed by atoms with Crippen LogP contribution in [0.1, 0.15) is 5.56 Å². The zero-order valence-corrected chi connectivity index (χ0v) is 13.7. The Hall–Kier alpha value is -3.74. The third kappa shape index (κ3) is 2.98. The van der Waals surface area contributed by atoms with Crippen molar-refractivity contribution in [1.82, 2.24) is 19.7 Å². The lowest BCUT2D eigenvalue weighted by Gasteiger charge is -2.10. The van der Waals surface area contributed by atoms with Gasteiger partial charge >= 0.3 is 5.69 Å². The second-order valence-corrected chi connectivity index (χ2v) is 5.72. The molecule has 0 radical (unpaired) electrons. The Morgan fingerprint density at radius 3 is 2.58 bits per heavy atom. The van der Waals surface area contributed by atoms with Crippen molar-refractivity contribution < 1.29 is 5.21 Å². The first-order valence-electron chi connectivity index (χ1n) is 8.02. The van der Waals surface area contributed by atoms with Gasteiger partial charge in [-0.25, -0.2) is 9.78 Å². The summed E-state index contributed by atoms with van der Waals surface area (Å²) in [5, 5.41) is 13.5. The van der Waals surface area contributed by atoms with Gasteiger partial charge in [0.05, 0.1) is 5.39 Å². The number of anilines is 1. The minimum atomic E-state index is -0.773. The molecule has 0 aliphatic rings. The third-order valence-corrected chi connectivity index (χ3v) is 4.04. The van der Waals surface area contributed by atoms with Crippen LogP contribution >= 0.6 is 0 Å². The topological polar surface area (TPSA) is 92.9 Å². The Morgan fingerprint density at radius 2 is 1.81 bits per heavy atom. The van der Waals surface area contributed by atoms with Gasteiger partial charge in [-0.3, -0.25) is 4.98 Å². The Bertz CT molecular complexity index is 1110. The van der Waals surface area contributed by atoms with E-state index in [-0.39, 0.29) is 5.65 Å². The minimum Gasteiger partial charge on any atom is -0.422 e. The molecule has 1 aromatic carbocycles. The van der Waals surface area contributed by atoms with Crippen LogP contribution in [0.2, 0.25) is 0 Å². The van der Waals surface area contributed by atoms with E-state index in [4.69, 9.17) is 0 Å². The first-order chi connectivity index (χ1) is 12.7. The van der Waals surface area contributed by atoms with Crippen LogP contribution < -0.4 is 11.0 Å². The Morgan fingerprint density at radius 1 is 1.00 bits per heavy atom. The van der Waals surface area contributed by atoms with Crippen LogP contribution in [0, 0.1) is 0 Å². The molecule has 0 amide bonds. The van der Waals surface area contributed by atoms with Crippen molar-refractivity contribution in [2.24, 2.45) is 0 Å². The summed E-state index contributed by atoms with van der Waals surface area (Å²) in [7, 11) is 0. The monoisotopic (exact) mass is 345 g/mol. The molecule has 26 heavy (non-hydrogen) atoms. The summed E-state index contributed by atoms with van der Waals surface area (Å²) < 4.78 is 0.448. The van der Waals surface area contributed by atoms with Crippen molar-refractivity contribution in [2.75, 3.05) is 5.32 Å². The molecule has 0 atom stereocenters. The Labute approximate surface area is 148 Å². The molecule has 0 saturated heterocycles. The average molecular weight is 345 g/mol. The van der Waals surface area contributed by atoms with E-state index in [2.05, 4.69) is 20.3 Å². The lowest BCUT2D eigenvalue weighted by atomic mass is 10.1. The van der Waals surface area contributed by atoms with Crippen molar-refractivity contribution in [3.8, 4) is 11.1 Å². The highest BCUT2D eigenvalue weighted by molar-refractivity contribution is 5.86. The quantitative estimate of drug-likeness (QED) is 0.553. The number of nitrogens with one attached hydrogen (secondary N) is 1. The summed E-state index contributed by atoms with van der Waals surface area (Å²) in [6.45, 7) is 0.485. The van der Waals surface area contributed by atoms with Crippen molar-refractivity contribution in [3.63, 3.8) is 0 Å². The molecule has 3 heterocycles. The molecule has 0 spiro atoms. The molecule has 0 aliphatic heterocycles. The van der Waals surface area contributed by atoms with E-state index in [1.54, 1.807) is 18.3 Å². The van der Waals surface area contributed by atoms with Gasteiger partial charge in [0.25, 0.3) is 0 Å². The number of pyridine rings is 2. The standard InChI is InChI=1S/C19H15N5O2/c25-19-23-17(16-4-2-10-21-18(16)24(19)26)22-11-13-5-7-14(8-6-13)15-3-1-9-20-12-15/h1-10,12,26H,11H2,(H,22,23,25). The van der Waals surface area contributed by atoms with Crippen molar-refractivity contribution >= 4 is 16.9 Å².